The highest BCUT2D eigenvalue weighted by Gasteiger charge is 2.55. The van der Waals surface area contributed by atoms with Gasteiger partial charge in [0.25, 0.3) is 0 Å². The van der Waals surface area contributed by atoms with E-state index in [1.165, 1.54) is 83.5 Å². The number of fused-ring (bicyclic) bond motifs is 27. The van der Waals surface area contributed by atoms with Crippen molar-refractivity contribution >= 4 is 0 Å². The van der Waals surface area contributed by atoms with Crippen LogP contribution >= 0.6 is 0 Å². The molecule has 19 aromatic carbocycles. The third-order valence-corrected chi connectivity index (χ3v) is 28.6. The molecular formula is C132H85N3O3. The Morgan fingerprint density at radius 2 is 0.362 bits per heavy atom. The average Bonchev–Trinajstić information content (AvgIpc) is 1.51. The molecule has 6 heteroatoms. The van der Waals surface area contributed by atoms with Crippen LogP contribution in [0, 0.1) is 0 Å². The zero-order valence-electron chi connectivity index (χ0n) is 75.1. The molecule has 0 saturated carbocycles. The van der Waals surface area contributed by atoms with E-state index >= 15 is 0 Å². The predicted molar refractivity (Wildman–Crippen MR) is 559 cm³/mol. The summed E-state index contributed by atoms with van der Waals surface area (Å²) in [7, 11) is 0. The summed E-state index contributed by atoms with van der Waals surface area (Å²) in [6.07, 6.45) is 0. The van der Waals surface area contributed by atoms with Gasteiger partial charge >= 0.3 is 0 Å². The molecule has 0 unspecified atom stereocenters. The molecule has 0 radical (unpaired) electrons. The van der Waals surface area contributed by atoms with Crippen molar-refractivity contribution in [1.82, 2.24) is 15.0 Å². The van der Waals surface area contributed by atoms with Crippen molar-refractivity contribution in [3.05, 3.63) is 582 Å². The first-order valence-corrected chi connectivity index (χ1v) is 47.2. The Balaban J connectivity index is 0.000000107. The summed E-state index contributed by atoms with van der Waals surface area (Å²) in [5.41, 5.74) is 41.7. The van der Waals surface area contributed by atoms with Crippen LogP contribution in [-0.2, 0) is 16.2 Å². The third-order valence-electron chi connectivity index (χ3n) is 28.6. The van der Waals surface area contributed by atoms with Crippen LogP contribution in [0.3, 0.4) is 0 Å². The van der Waals surface area contributed by atoms with Gasteiger partial charge < -0.3 is 14.2 Å². The molecule has 3 spiro atoms. The van der Waals surface area contributed by atoms with E-state index in [0.717, 1.165) is 163 Å². The number of benzene rings is 19. The highest BCUT2D eigenvalue weighted by Crippen LogP contribution is 2.67. The summed E-state index contributed by atoms with van der Waals surface area (Å²) < 4.78 is 20.6. The lowest BCUT2D eigenvalue weighted by Gasteiger charge is -2.40. The Kier molecular flexibility index (Phi) is 19.5. The second-order valence-corrected chi connectivity index (χ2v) is 36.0. The fraction of sp³-hybridized carbons (Fsp3) is 0.0227. The second kappa shape index (κ2) is 33.3. The van der Waals surface area contributed by atoms with Crippen LogP contribution in [0.4, 0.5) is 0 Å². The van der Waals surface area contributed by atoms with Gasteiger partial charge in [-0.25, -0.2) is 15.0 Å². The van der Waals surface area contributed by atoms with E-state index in [-0.39, 0.29) is 0 Å². The monoisotopic (exact) mass is 1760 g/mol. The summed E-state index contributed by atoms with van der Waals surface area (Å²) >= 11 is 0. The Hall–Kier alpha value is -18.0. The molecule has 0 saturated heterocycles. The molecular weight excluding hydrogens is 1680 g/mol. The Morgan fingerprint density at radius 1 is 0.123 bits per heavy atom. The van der Waals surface area contributed by atoms with Crippen molar-refractivity contribution in [3.63, 3.8) is 0 Å². The summed E-state index contributed by atoms with van der Waals surface area (Å²) in [6.45, 7) is 0. The number of rotatable bonds is 10. The molecule has 6 heterocycles. The van der Waals surface area contributed by atoms with E-state index in [9.17, 15) is 0 Å². The van der Waals surface area contributed by atoms with E-state index in [0.29, 0.717) is 0 Å². The van der Waals surface area contributed by atoms with Gasteiger partial charge in [-0.05, 0) is 185 Å². The smallest absolute Gasteiger partial charge is 0.141 e. The second-order valence-electron chi connectivity index (χ2n) is 36.0. The first-order valence-electron chi connectivity index (χ1n) is 47.2. The maximum Gasteiger partial charge on any atom is 0.141 e. The zero-order chi connectivity index (χ0) is 91.3. The van der Waals surface area contributed by atoms with Gasteiger partial charge in [0.15, 0.2) is 0 Å². The van der Waals surface area contributed by atoms with Crippen LogP contribution < -0.4 is 14.2 Å². The number of para-hydroxylation sites is 5. The van der Waals surface area contributed by atoms with E-state index in [1.54, 1.807) is 0 Å². The van der Waals surface area contributed by atoms with Gasteiger partial charge in [0, 0.05) is 72.3 Å². The van der Waals surface area contributed by atoms with Gasteiger partial charge in [0.05, 0.1) is 50.4 Å². The minimum Gasteiger partial charge on any atom is -0.457 e. The lowest BCUT2D eigenvalue weighted by molar-refractivity contribution is 0.436. The molecule has 3 aliphatic carbocycles. The maximum atomic E-state index is 7.01. The van der Waals surface area contributed by atoms with Crippen LogP contribution in [0.2, 0.25) is 0 Å². The normalized spacial score (nSPS) is 13.3. The third kappa shape index (κ3) is 13.0. The quantitative estimate of drug-likeness (QED) is 0.136. The van der Waals surface area contributed by atoms with Crippen molar-refractivity contribution in [2.45, 2.75) is 16.2 Å². The van der Waals surface area contributed by atoms with Gasteiger partial charge in [-0.3, -0.25) is 0 Å². The molecule has 6 aliphatic rings. The first-order chi connectivity index (χ1) is 68.4. The topological polar surface area (TPSA) is 66.4 Å². The first kappa shape index (κ1) is 80.9. The molecule has 0 bridgehead atoms. The van der Waals surface area contributed by atoms with Crippen molar-refractivity contribution in [3.8, 4) is 180 Å². The zero-order valence-corrected chi connectivity index (χ0v) is 75.1. The number of nitrogens with zero attached hydrogens (tertiary/aromatic N) is 3. The van der Waals surface area contributed by atoms with E-state index in [4.69, 9.17) is 29.2 Å². The molecule has 3 aromatic heterocycles. The Labute approximate surface area is 802 Å². The fourth-order valence-corrected chi connectivity index (χ4v) is 22.7. The molecule has 0 fully saturated rings. The van der Waals surface area contributed by atoms with Gasteiger partial charge in [0.2, 0.25) is 0 Å². The average molecular weight is 1760 g/mol. The lowest BCUT2D eigenvalue weighted by Crippen LogP contribution is -2.32. The fourth-order valence-electron chi connectivity index (χ4n) is 22.7. The molecule has 0 amide bonds. The van der Waals surface area contributed by atoms with Gasteiger partial charge in [-0.15, -0.1) is 0 Å². The summed E-state index contributed by atoms with van der Waals surface area (Å²) in [5, 5.41) is 0. The Morgan fingerprint density at radius 3 is 0.761 bits per heavy atom. The van der Waals surface area contributed by atoms with Gasteiger partial charge in [-0.2, -0.15) is 0 Å². The minimum atomic E-state index is -0.530. The van der Waals surface area contributed by atoms with Crippen LogP contribution in [0.25, 0.3) is 145 Å². The molecule has 138 heavy (non-hydrogen) atoms. The standard InChI is InChI=1S/C48H31NO.2C42H27NO/c1-3-15-32(16-4-1)34-19-13-20-35(29-34)44-30-36(33-17-5-2-6-18-33)31-45(49-44)39-23-14-27-43-47(39)50-46-28-12-11-26-42(46)48(43)40-24-9-7-21-37(40)38-22-8-10-25-41(38)48;1-3-14-28(15-4-1)38-26-30(27-39(43-38)29-16-5-2-6-17-29)31-20-13-24-37-41(31)44-40-25-12-11-23-36(40)42(37)34-21-9-7-18-32(34)33-19-8-10-22-35(33)42;1-3-13-28(14-4-1)38-26-31(27-39(43-38)29-15-5-2-6-16-29)30-23-24-41-37(25-30)42(36-21-11-12-22-40(36)44-41)34-19-9-7-17-32(34)33-18-8-10-20-35(33)42/h1-31H;2*1-27H. The molecule has 646 valence electrons. The van der Waals surface area contributed by atoms with E-state index in [2.05, 4.69) is 491 Å². The predicted octanol–water partition coefficient (Wildman–Crippen LogP) is 33.3. The van der Waals surface area contributed by atoms with Crippen LogP contribution in [0.15, 0.2) is 516 Å². The van der Waals surface area contributed by atoms with E-state index in [1.807, 2.05) is 24.3 Å². The van der Waals surface area contributed by atoms with Gasteiger partial charge in [-0.1, -0.05) is 437 Å². The highest BCUT2D eigenvalue weighted by molar-refractivity contribution is 5.96. The van der Waals surface area contributed by atoms with Crippen molar-refractivity contribution in [2.24, 2.45) is 0 Å². The van der Waals surface area contributed by atoms with Crippen molar-refractivity contribution in [1.29, 1.82) is 0 Å². The molecule has 28 rings (SSSR count). The molecule has 0 N–H and O–H groups in total. The SMILES string of the molecule is c1ccc(-c2cc(-c3ccc4c(c3)C3(c5ccccc5O4)c4ccccc4-c4ccccc43)cc(-c3ccccc3)n2)cc1.c1ccc(-c2cc(-c3cccc4c3Oc3ccccc3C43c4ccccc4-c4ccccc43)cc(-c3ccccc3)n2)cc1.c1ccc(-c2cccc(-c3cc(-c4ccccc4)cc(-c4cccc5c4Oc4ccccc4C54c5ccccc5-c5ccccc54)n3)c2)cc1. The van der Waals surface area contributed by atoms with Crippen LogP contribution in [-0.4, -0.2) is 15.0 Å². The van der Waals surface area contributed by atoms with Crippen LogP contribution in [0.5, 0.6) is 34.5 Å². The summed E-state index contributed by atoms with van der Waals surface area (Å²) in [6, 6.07) is 183. The maximum absolute atomic E-state index is 7.01. The lowest BCUT2D eigenvalue weighted by atomic mass is 9.65. The molecule has 22 aromatic rings. The minimum absolute atomic E-state index is 0.495. The van der Waals surface area contributed by atoms with Gasteiger partial charge in [0.1, 0.15) is 34.5 Å². The number of pyridine rings is 3. The number of ether oxygens (including phenoxy) is 3. The molecule has 6 nitrogen and oxygen atoms in total. The number of aromatic nitrogens is 3. The van der Waals surface area contributed by atoms with Crippen LogP contribution in [0.1, 0.15) is 66.8 Å². The summed E-state index contributed by atoms with van der Waals surface area (Å²) in [4.78, 5) is 15.7. The number of hydrogen-bond donors (Lipinski definition) is 0. The Bertz CT molecular complexity index is 8190. The molecule has 3 aliphatic heterocycles. The molecule has 0 atom stereocenters. The van der Waals surface area contributed by atoms with E-state index < -0.39 is 16.2 Å². The number of hydrogen-bond acceptors (Lipinski definition) is 6. The highest BCUT2D eigenvalue weighted by atomic mass is 16.5. The van der Waals surface area contributed by atoms with Crippen molar-refractivity contribution in [2.75, 3.05) is 0 Å². The van der Waals surface area contributed by atoms with Crippen molar-refractivity contribution < 1.29 is 14.2 Å². The summed E-state index contributed by atoms with van der Waals surface area (Å²) in [5.74, 6) is 5.29. The largest absolute Gasteiger partial charge is 0.457 e.